The van der Waals surface area contributed by atoms with Crippen LogP contribution in [0, 0.1) is 5.95 Å². The summed E-state index contributed by atoms with van der Waals surface area (Å²) in [6, 6.07) is 9.64. The van der Waals surface area contributed by atoms with Crippen molar-refractivity contribution in [3.05, 3.63) is 58.6 Å². The third-order valence-electron chi connectivity index (χ3n) is 2.07. The Morgan fingerprint density at radius 2 is 2.12 bits per heavy atom. The van der Waals surface area contributed by atoms with Crippen molar-refractivity contribution in [1.82, 2.24) is 4.98 Å². The predicted molar refractivity (Wildman–Crippen MR) is 66.3 cm³/mol. The summed E-state index contributed by atoms with van der Waals surface area (Å²) in [6.45, 7) is 0. The molecule has 0 saturated heterocycles. The van der Waals surface area contributed by atoms with E-state index < -0.39 is 5.95 Å². The Hall–Kier alpha value is -1.75. The van der Waals surface area contributed by atoms with E-state index in [9.17, 15) is 9.18 Å². The van der Waals surface area contributed by atoms with Crippen LogP contribution in [0.4, 0.5) is 10.1 Å². The zero-order valence-corrected chi connectivity index (χ0v) is 10.2. The maximum Gasteiger partial charge on any atom is 0.255 e. The van der Waals surface area contributed by atoms with E-state index >= 15 is 0 Å². The SMILES string of the molecule is O=C(Nc1ccc(F)nc1)c1cccc(Br)c1. The highest BCUT2D eigenvalue weighted by Gasteiger charge is 2.06. The molecule has 3 nitrogen and oxygen atoms in total. The fraction of sp³-hybridized carbons (Fsp3) is 0. The Labute approximate surface area is 106 Å². The van der Waals surface area contributed by atoms with Gasteiger partial charge in [-0.05, 0) is 30.3 Å². The van der Waals surface area contributed by atoms with Gasteiger partial charge in [0.25, 0.3) is 5.91 Å². The van der Waals surface area contributed by atoms with Gasteiger partial charge < -0.3 is 5.32 Å². The molecule has 1 N–H and O–H groups in total. The van der Waals surface area contributed by atoms with Crippen LogP contribution in [-0.2, 0) is 0 Å². The highest BCUT2D eigenvalue weighted by molar-refractivity contribution is 9.10. The van der Waals surface area contributed by atoms with Crippen LogP contribution < -0.4 is 5.32 Å². The van der Waals surface area contributed by atoms with E-state index in [0.717, 1.165) is 4.47 Å². The zero-order valence-electron chi connectivity index (χ0n) is 8.65. The molecule has 0 radical (unpaired) electrons. The molecule has 0 spiro atoms. The lowest BCUT2D eigenvalue weighted by atomic mass is 10.2. The molecule has 0 aliphatic carbocycles. The van der Waals surface area contributed by atoms with Crippen LogP contribution >= 0.6 is 15.9 Å². The second-order valence-electron chi connectivity index (χ2n) is 3.33. The molecular weight excluding hydrogens is 287 g/mol. The molecule has 1 aromatic heterocycles. The van der Waals surface area contributed by atoms with Crippen molar-refractivity contribution in [2.45, 2.75) is 0 Å². The molecule has 0 unspecified atom stereocenters. The third kappa shape index (κ3) is 3.10. The number of halogens is 2. The lowest BCUT2D eigenvalue weighted by molar-refractivity contribution is 0.102. The number of rotatable bonds is 2. The average Bonchev–Trinajstić information content (AvgIpc) is 2.32. The maximum atomic E-state index is 12.6. The number of hydrogen-bond donors (Lipinski definition) is 1. The van der Waals surface area contributed by atoms with E-state index in [1.165, 1.54) is 18.3 Å². The molecular formula is C12H8BrFN2O. The van der Waals surface area contributed by atoms with E-state index in [1.807, 2.05) is 6.07 Å². The number of nitrogens with zero attached hydrogens (tertiary/aromatic N) is 1. The molecule has 0 saturated carbocycles. The first kappa shape index (κ1) is 11.7. The Morgan fingerprint density at radius 1 is 1.29 bits per heavy atom. The fourth-order valence-electron chi connectivity index (χ4n) is 1.28. The monoisotopic (exact) mass is 294 g/mol. The average molecular weight is 295 g/mol. The van der Waals surface area contributed by atoms with Gasteiger partial charge in [-0.15, -0.1) is 0 Å². The van der Waals surface area contributed by atoms with Crippen molar-refractivity contribution >= 4 is 27.5 Å². The Balaban J connectivity index is 2.14. The van der Waals surface area contributed by atoms with E-state index in [4.69, 9.17) is 0 Å². The molecule has 17 heavy (non-hydrogen) atoms. The van der Waals surface area contributed by atoms with Gasteiger partial charge in [0.05, 0.1) is 11.9 Å². The molecule has 1 amide bonds. The molecule has 0 bridgehead atoms. The first-order valence-electron chi connectivity index (χ1n) is 4.83. The van der Waals surface area contributed by atoms with Crippen molar-refractivity contribution in [2.24, 2.45) is 0 Å². The van der Waals surface area contributed by atoms with Crippen LogP contribution in [0.5, 0.6) is 0 Å². The summed E-state index contributed by atoms with van der Waals surface area (Å²) in [7, 11) is 0. The molecule has 86 valence electrons. The van der Waals surface area contributed by atoms with Crippen LogP contribution in [0.2, 0.25) is 0 Å². The standard InChI is InChI=1S/C12H8BrFN2O/c13-9-3-1-2-8(6-9)12(17)16-10-4-5-11(14)15-7-10/h1-7H,(H,16,17). The van der Waals surface area contributed by atoms with Crippen molar-refractivity contribution < 1.29 is 9.18 Å². The number of anilines is 1. The summed E-state index contributed by atoms with van der Waals surface area (Å²) in [5, 5.41) is 2.62. The highest BCUT2D eigenvalue weighted by atomic mass is 79.9. The minimum atomic E-state index is -0.578. The van der Waals surface area contributed by atoms with Gasteiger partial charge in [0, 0.05) is 10.0 Å². The van der Waals surface area contributed by atoms with Gasteiger partial charge in [-0.1, -0.05) is 22.0 Å². The molecule has 0 fully saturated rings. The van der Waals surface area contributed by atoms with Gasteiger partial charge in [0.15, 0.2) is 0 Å². The molecule has 0 aliphatic rings. The first-order valence-corrected chi connectivity index (χ1v) is 5.63. The van der Waals surface area contributed by atoms with Crippen molar-refractivity contribution in [3.63, 3.8) is 0 Å². The number of benzene rings is 1. The van der Waals surface area contributed by atoms with Gasteiger partial charge in [0.2, 0.25) is 5.95 Å². The second kappa shape index (κ2) is 5.05. The highest BCUT2D eigenvalue weighted by Crippen LogP contribution is 2.13. The smallest absolute Gasteiger partial charge is 0.255 e. The van der Waals surface area contributed by atoms with E-state index in [0.29, 0.717) is 11.3 Å². The van der Waals surface area contributed by atoms with E-state index in [-0.39, 0.29) is 5.91 Å². The van der Waals surface area contributed by atoms with E-state index in [1.54, 1.807) is 18.2 Å². The Morgan fingerprint density at radius 3 is 2.76 bits per heavy atom. The van der Waals surface area contributed by atoms with Crippen LogP contribution in [0.25, 0.3) is 0 Å². The second-order valence-corrected chi connectivity index (χ2v) is 4.25. The minimum Gasteiger partial charge on any atom is -0.321 e. The van der Waals surface area contributed by atoms with Crippen LogP contribution in [0.3, 0.4) is 0 Å². The van der Waals surface area contributed by atoms with Gasteiger partial charge in [0.1, 0.15) is 0 Å². The molecule has 2 aromatic rings. The lowest BCUT2D eigenvalue weighted by Gasteiger charge is -2.04. The van der Waals surface area contributed by atoms with Crippen molar-refractivity contribution in [3.8, 4) is 0 Å². The van der Waals surface area contributed by atoms with Gasteiger partial charge in [-0.2, -0.15) is 4.39 Å². The van der Waals surface area contributed by atoms with Gasteiger partial charge in [-0.3, -0.25) is 4.79 Å². The number of hydrogen-bond acceptors (Lipinski definition) is 2. The quantitative estimate of drug-likeness (QED) is 0.864. The van der Waals surface area contributed by atoms with Crippen LogP contribution in [-0.4, -0.2) is 10.9 Å². The van der Waals surface area contributed by atoms with Crippen molar-refractivity contribution in [2.75, 3.05) is 5.32 Å². The number of carbonyl (C=O) groups is 1. The first-order chi connectivity index (χ1) is 8.15. The van der Waals surface area contributed by atoms with E-state index in [2.05, 4.69) is 26.2 Å². The summed E-state index contributed by atoms with van der Waals surface area (Å²) in [5.41, 5.74) is 0.972. The summed E-state index contributed by atoms with van der Waals surface area (Å²) < 4.78 is 13.4. The fourth-order valence-corrected chi connectivity index (χ4v) is 1.68. The predicted octanol–water partition coefficient (Wildman–Crippen LogP) is 3.24. The molecule has 5 heteroatoms. The number of amides is 1. The summed E-state index contributed by atoms with van der Waals surface area (Å²) in [6.07, 6.45) is 1.27. The minimum absolute atomic E-state index is 0.264. The number of aromatic nitrogens is 1. The number of pyridine rings is 1. The summed E-state index contributed by atoms with van der Waals surface area (Å²) in [5.74, 6) is -0.842. The van der Waals surface area contributed by atoms with Crippen LogP contribution in [0.1, 0.15) is 10.4 Å². The lowest BCUT2D eigenvalue weighted by Crippen LogP contribution is -2.11. The molecule has 2 rings (SSSR count). The number of carbonyl (C=O) groups excluding carboxylic acids is 1. The molecule has 1 heterocycles. The number of nitrogens with one attached hydrogen (secondary N) is 1. The Bertz CT molecular complexity index is 542. The topological polar surface area (TPSA) is 42.0 Å². The molecule has 0 aliphatic heterocycles. The molecule has 0 atom stereocenters. The third-order valence-corrected chi connectivity index (χ3v) is 2.57. The molecule has 1 aromatic carbocycles. The van der Waals surface area contributed by atoms with Gasteiger partial charge in [-0.25, -0.2) is 4.98 Å². The Kier molecular flexibility index (Phi) is 3.49. The maximum absolute atomic E-state index is 12.6. The van der Waals surface area contributed by atoms with Crippen LogP contribution in [0.15, 0.2) is 47.1 Å². The zero-order chi connectivity index (χ0) is 12.3. The van der Waals surface area contributed by atoms with Gasteiger partial charge >= 0.3 is 0 Å². The van der Waals surface area contributed by atoms with Crippen molar-refractivity contribution in [1.29, 1.82) is 0 Å². The normalized spacial score (nSPS) is 10.0. The summed E-state index contributed by atoms with van der Waals surface area (Å²) in [4.78, 5) is 15.3. The largest absolute Gasteiger partial charge is 0.321 e. The summed E-state index contributed by atoms with van der Waals surface area (Å²) >= 11 is 3.28.